The van der Waals surface area contributed by atoms with Crippen LogP contribution in [0, 0.1) is 6.42 Å². The van der Waals surface area contributed by atoms with Gasteiger partial charge in [0.2, 0.25) is 0 Å². The smallest absolute Gasteiger partial charge is 0.404 e. The SMILES string of the molecule is NC(=O)OCCC[CH]C(=O)c1nccs1. The number of hydrogen-bond donors (Lipinski definition) is 1. The van der Waals surface area contributed by atoms with Crippen LogP contribution in [0.3, 0.4) is 0 Å². The van der Waals surface area contributed by atoms with Gasteiger partial charge < -0.3 is 10.5 Å². The topological polar surface area (TPSA) is 82.3 Å². The molecule has 1 radical (unpaired) electrons. The van der Waals surface area contributed by atoms with Gasteiger partial charge in [-0.05, 0) is 12.8 Å². The average Bonchev–Trinajstić information content (AvgIpc) is 2.69. The highest BCUT2D eigenvalue weighted by Crippen LogP contribution is 2.08. The van der Waals surface area contributed by atoms with Gasteiger partial charge in [0.1, 0.15) is 0 Å². The first kappa shape index (κ1) is 11.6. The third kappa shape index (κ3) is 4.55. The maximum Gasteiger partial charge on any atom is 0.404 e. The van der Waals surface area contributed by atoms with E-state index < -0.39 is 6.09 Å². The summed E-state index contributed by atoms with van der Waals surface area (Å²) in [5, 5.41) is 2.22. The number of thiazole rings is 1. The summed E-state index contributed by atoms with van der Waals surface area (Å²) in [6, 6.07) is 0. The molecule has 0 saturated heterocycles. The Kier molecular flexibility index (Phi) is 4.76. The predicted molar refractivity (Wildman–Crippen MR) is 55.5 cm³/mol. The lowest BCUT2D eigenvalue weighted by atomic mass is 10.2. The second kappa shape index (κ2) is 6.13. The number of primary amides is 1. The second-order valence-electron chi connectivity index (χ2n) is 2.72. The van der Waals surface area contributed by atoms with E-state index in [4.69, 9.17) is 5.73 Å². The largest absolute Gasteiger partial charge is 0.450 e. The number of rotatable bonds is 6. The molecule has 2 N–H and O–H groups in total. The van der Waals surface area contributed by atoms with Gasteiger partial charge in [0.25, 0.3) is 0 Å². The lowest BCUT2D eigenvalue weighted by Crippen LogP contribution is -2.13. The van der Waals surface area contributed by atoms with E-state index in [2.05, 4.69) is 9.72 Å². The fourth-order valence-corrected chi connectivity index (χ4v) is 1.49. The molecule has 15 heavy (non-hydrogen) atoms. The first-order valence-corrected chi connectivity index (χ1v) is 5.27. The summed E-state index contributed by atoms with van der Waals surface area (Å²) in [5.41, 5.74) is 4.77. The minimum Gasteiger partial charge on any atom is -0.450 e. The molecule has 1 rings (SSSR count). The number of amides is 1. The normalized spacial score (nSPS) is 9.87. The third-order valence-corrected chi connectivity index (χ3v) is 2.35. The van der Waals surface area contributed by atoms with Crippen LogP contribution in [0.25, 0.3) is 0 Å². The third-order valence-electron chi connectivity index (χ3n) is 1.57. The first-order valence-electron chi connectivity index (χ1n) is 4.39. The van der Waals surface area contributed by atoms with Crippen LogP contribution >= 0.6 is 11.3 Å². The van der Waals surface area contributed by atoms with Gasteiger partial charge in [0, 0.05) is 18.0 Å². The molecule has 0 bridgehead atoms. The molecule has 5 nitrogen and oxygen atoms in total. The highest BCUT2D eigenvalue weighted by atomic mass is 32.1. The van der Waals surface area contributed by atoms with Crippen LogP contribution in [0.5, 0.6) is 0 Å². The Bertz CT molecular complexity index is 324. The molecule has 0 aromatic carbocycles. The van der Waals surface area contributed by atoms with Crippen LogP contribution in [0.15, 0.2) is 11.6 Å². The van der Waals surface area contributed by atoms with Crippen molar-refractivity contribution in [1.82, 2.24) is 4.98 Å². The fraction of sp³-hybridized carbons (Fsp3) is 0.333. The summed E-state index contributed by atoms with van der Waals surface area (Å²) in [7, 11) is 0. The summed E-state index contributed by atoms with van der Waals surface area (Å²) in [6.07, 6.45) is 3.46. The predicted octanol–water partition coefficient (Wildman–Crippen LogP) is 1.41. The molecule has 1 amide bonds. The van der Waals surface area contributed by atoms with Gasteiger partial charge in [-0.15, -0.1) is 11.3 Å². The van der Waals surface area contributed by atoms with Crippen molar-refractivity contribution < 1.29 is 14.3 Å². The Morgan fingerprint density at radius 2 is 2.40 bits per heavy atom. The molecule has 1 heterocycles. The van der Waals surface area contributed by atoms with E-state index in [-0.39, 0.29) is 12.4 Å². The number of carbonyl (C=O) groups excluding carboxylic acids is 2. The van der Waals surface area contributed by atoms with Gasteiger partial charge in [-0.3, -0.25) is 4.79 Å². The van der Waals surface area contributed by atoms with E-state index in [0.29, 0.717) is 17.8 Å². The van der Waals surface area contributed by atoms with Crippen molar-refractivity contribution in [2.75, 3.05) is 6.61 Å². The Morgan fingerprint density at radius 1 is 1.60 bits per heavy atom. The number of nitrogens with two attached hydrogens (primary N) is 1. The van der Waals surface area contributed by atoms with Crippen LogP contribution in [0.2, 0.25) is 0 Å². The van der Waals surface area contributed by atoms with E-state index in [9.17, 15) is 9.59 Å². The molecule has 6 heteroatoms. The molecule has 1 aromatic heterocycles. The van der Waals surface area contributed by atoms with Crippen molar-refractivity contribution in [3.63, 3.8) is 0 Å². The highest BCUT2D eigenvalue weighted by molar-refractivity contribution is 7.11. The number of carbonyl (C=O) groups is 2. The zero-order chi connectivity index (χ0) is 11.1. The van der Waals surface area contributed by atoms with Gasteiger partial charge >= 0.3 is 6.09 Å². The molecule has 0 saturated carbocycles. The van der Waals surface area contributed by atoms with E-state index in [1.807, 2.05) is 0 Å². The zero-order valence-electron chi connectivity index (χ0n) is 8.01. The van der Waals surface area contributed by atoms with Crippen LogP contribution in [0.1, 0.15) is 22.6 Å². The summed E-state index contributed by atoms with van der Waals surface area (Å²) in [6.45, 7) is 0.233. The van der Waals surface area contributed by atoms with E-state index in [1.54, 1.807) is 11.6 Å². The Morgan fingerprint density at radius 3 is 3.00 bits per heavy atom. The minimum atomic E-state index is -0.791. The van der Waals surface area contributed by atoms with Crippen LogP contribution < -0.4 is 5.73 Å². The maximum absolute atomic E-state index is 11.4. The van der Waals surface area contributed by atoms with Crippen molar-refractivity contribution in [2.45, 2.75) is 12.8 Å². The fourth-order valence-electron chi connectivity index (χ4n) is 0.922. The molecule has 0 atom stereocenters. The summed E-state index contributed by atoms with van der Waals surface area (Å²) in [5.74, 6) is -0.0934. The number of nitrogens with zero attached hydrogens (tertiary/aromatic N) is 1. The zero-order valence-corrected chi connectivity index (χ0v) is 8.83. The minimum absolute atomic E-state index is 0.0934. The van der Waals surface area contributed by atoms with Crippen LogP contribution in [-0.4, -0.2) is 23.5 Å². The number of unbranched alkanes of at least 4 members (excludes halogenated alkanes) is 1. The molecule has 0 spiro atoms. The van der Waals surface area contributed by atoms with Gasteiger partial charge in [-0.2, -0.15) is 0 Å². The van der Waals surface area contributed by atoms with Gasteiger partial charge in [-0.25, -0.2) is 9.78 Å². The van der Waals surface area contributed by atoms with Gasteiger partial charge in [-0.1, -0.05) is 0 Å². The summed E-state index contributed by atoms with van der Waals surface area (Å²) in [4.78, 5) is 25.4. The summed E-state index contributed by atoms with van der Waals surface area (Å²) >= 11 is 1.30. The molecule has 0 aliphatic rings. The number of aromatic nitrogens is 1. The first-order chi connectivity index (χ1) is 7.20. The monoisotopic (exact) mass is 227 g/mol. The number of hydrogen-bond acceptors (Lipinski definition) is 5. The van der Waals surface area contributed by atoms with Crippen molar-refractivity contribution in [3.8, 4) is 0 Å². The van der Waals surface area contributed by atoms with Crippen LogP contribution in [0.4, 0.5) is 4.79 Å². The van der Waals surface area contributed by atoms with Crippen molar-refractivity contribution in [2.24, 2.45) is 5.73 Å². The Labute approximate surface area is 91.3 Å². The molecule has 1 aromatic rings. The van der Waals surface area contributed by atoms with Crippen molar-refractivity contribution in [3.05, 3.63) is 23.0 Å². The maximum atomic E-state index is 11.4. The van der Waals surface area contributed by atoms with Crippen molar-refractivity contribution in [1.29, 1.82) is 0 Å². The standard InChI is InChI=1S/C9H11N2O3S/c10-9(13)14-5-2-1-3-7(12)8-11-4-6-15-8/h3-4,6H,1-2,5H2,(H2,10,13). The number of ketones is 1. The van der Waals surface area contributed by atoms with Gasteiger partial charge in [0.05, 0.1) is 6.61 Å². The molecule has 0 fully saturated rings. The summed E-state index contributed by atoms with van der Waals surface area (Å²) < 4.78 is 4.51. The molecule has 0 aliphatic heterocycles. The average molecular weight is 227 g/mol. The number of Topliss-reactive ketones (excluding diaryl/α,β-unsaturated/α-hetero) is 1. The molecular formula is C9H11N2O3S. The quantitative estimate of drug-likeness (QED) is 0.588. The van der Waals surface area contributed by atoms with E-state index in [1.165, 1.54) is 17.8 Å². The van der Waals surface area contributed by atoms with Gasteiger partial charge in [0.15, 0.2) is 10.8 Å². The van der Waals surface area contributed by atoms with Crippen LogP contribution in [-0.2, 0) is 4.74 Å². The second-order valence-corrected chi connectivity index (χ2v) is 3.61. The van der Waals surface area contributed by atoms with E-state index in [0.717, 1.165) is 0 Å². The molecule has 0 aliphatic carbocycles. The van der Waals surface area contributed by atoms with Crippen molar-refractivity contribution >= 4 is 23.2 Å². The Hall–Kier alpha value is -1.43. The lowest BCUT2D eigenvalue weighted by Gasteiger charge is -1.99. The molecular weight excluding hydrogens is 216 g/mol. The number of ether oxygens (including phenoxy) is 1. The molecule has 81 valence electrons. The highest BCUT2D eigenvalue weighted by Gasteiger charge is 2.08. The molecule has 0 unspecified atom stereocenters. The van der Waals surface area contributed by atoms with E-state index >= 15 is 0 Å². The Balaban J connectivity index is 2.10. The lowest BCUT2D eigenvalue weighted by molar-refractivity contribution is 0.102.